The van der Waals surface area contributed by atoms with Crippen molar-refractivity contribution in [2.45, 2.75) is 64.3 Å². The molecule has 112 valence electrons. The van der Waals surface area contributed by atoms with Gasteiger partial charge in [-0.05, 0) is 37.7 Å². The number of aromatic nitrogens is 1. The van der Waals surface area contributed by atoms with Crippen LogP contribution >= 0.6 is 11.8 Å². The average molecular weight is 295 g/mol. The molecule has 0 amide bonds. The van der Waals surface area contributed by atoms with Crippen molar-refractivity contribution in [2.75, 3.05) is 5.75 Å². The van der Waals surface area contributed by atoms with E-state index in [9.17, 15) is 9.90 Å². The summed E-state index contributed by atoms with van der Waals surface area (Å²) in [5.41, 5.74) is 2.06. The highest BCUT2D eigenvalue weighted by atomic mass is 32.2. The number of nitrogens with zero attached hydrogens (tertiary/aromatic N) is 1. The first kappa shape index (κ1) is 17.0. The molecule has 0 fully saturated rings. The van der Waals surface area contributed by atoms with E-state index in [1.54, 1.807) is 11.8 Å². The van der Waals surface area contributed by atoms with Gasteiger partial charge in [-0.3, -0.25) is 0 Å². The zero-order chi connectivity index (χ0) is 15.0. The lowest BCUT2D eigenvalue weighted by molar-refractivity contribution is 0.0691. The summed E-state index contributed by atoms with van der Waals surface area (Å²) in [6, 6.07) is 1.83. The van der Waals surface area contributed by atoms with Gasteiger partial charge in [-0.2, -0.15) is 0 Å². The Kier molecular flexibility index (Phi) is 7.67. The van der Waals surface area contributed by atoms with Gasteiger partial charge < -0.3 is 5.11 Å². The molecule has 1 rings (SSSR count). The second-order valence-electron chi connectivity index (χ2n) is 5.18. The summed E-state index contributed by atoms with van der Waals surface area (Å²) in [6.45, 7) is 5.97. The van der Waals surface area contributed by atoms with Crippen LogP contribution in [0.4, 0.5) is 0 Å². The van der Waals surface area contributed by atoms with Gasteiger partial charge in [0.1, 0.15) is 5.03 Å². The molecule has 0 radical (unpaired) electrons. The van der Waals surface area contributed by atoms with Crippen molar-refractivity contribution in [3.8, 4) is 0 Å². The Morgan fingerprint density at radius 1 is 1.20 bits per heavy atom. The molecule has 1 N–H and O–H groups in total. The molecule has 0 saturated carbocycles. The number of aromatic carboxylic acids is 1. The zero-order valence-corrected chi connectivity index (χ0v) is 13.6. The summed E-state index contributed by atoms with van der Waals surface area (Å²) in [7, 11) is 0. The quantitative estimate of drug-likeness (QED) is 0.522. The molecule has 1 heterocycles. The molecule has 0 spiro atoms. The van der Waals surface area contributed by atoms with Gasteiger partial charge in [0.05, 0.1) is 5.56 Å². The molecule has 0 aliphatic rings. The number of hydrogen-bond donors (Lipinski definition) is 1. The molecule has 0 unspecified atom stereocenters. The van der Waals surface area contributed by atoms with Crippen molar-refractivity contribution < 1.29 is 9.90 Å². The maximum absolute atomic E-state index is 11.3. The van der Waals surface area contributed by atoms with Gasteiger partial charge >= 0.3 is 5.97 Å². The van der Waals surface area contributed by atoms with Crippen LogP contribution in [0.1, 0.15) is 67.1 Å². The molecule has 1 aromatic heterocycles. The first-order chi connectivity index (χ1) is 9.56. The lowest BCUT2D eigenvalue weighted by Crippen LogP contribution is -2.05. The van der Waals surface area contributed by atoms with E-state index in [1.807, 2.05) is 19.9 Å². The van der Waals surface area contributed by atoms with Crippen molar-refractivity contribution in [3.05, 3.63) is 22.9 Å². The number of hydrogen-bond acceptors (Lipinski definition) is 3. The Hall–Kier alpha value is -1.03. The van der Waals surface area contributed by atoms with Gasteiger partial charge in [-0.1, -0.05) is 39.0 Å². The number of carboxylic acids is 1. The number of rotatable bonds is 9. The van der Waals surface area contributed by atoms with Crippen molar-refractivity contribution in [3.63, 3.8) is 0 Å². The summed E-state index contributed by atoms with van der Waals surface area (Å²) in [5.74, 6) is 0.0721. The average Bonchev–Trinajstić information content (AvgIpc) is 2.36. The zero-order valence-electron chi connectivity index (χ0n) is 12.7. The Balaban J connectivity index is 2.49. The fourth-order valence-corrected chi connectivity index (χ4v) is 3.36. The maximum Gasteiger partial charge on any atom is 0.338 e. The van der Waals surface area contributed by atoms with Gasteiger partial charge in [0.15, 0.2) is 0 Å². The molecule has 0 aromatic carbocycles. The van der Waals surface area contributed by atoms with Crippen LogP contribution in [0.25, 0.3) is 0 Å². The lowest BCUT2D eigenvalue weighted by Gasteiger charge is -2.09. The van der Waals surface area contributed by atoms with E-state index in [0.29, 0.717) is 10.6 Å². The van der Waals surface area contributed by atoms with Crippen LogP contribution in [-0.4, -0.2) is 21.8 Å². The van der Waals surface area contributed by atoms with Gasteiger partial charge in [-0.15, -0.1) is 11.8 Å². The standard InChI is InChI=1S/C16H25NO2S/c1-4-5-6-7-8-9-10-20-15-14(16(18)19)12(2)11-13(3)17-15/h11H,4-10H2,1-3H3,(H,18,19). The van der Waals surface area contributed by atoms with E-state index in [0.717, 1.165) is 23.4 Å². The minimum Gasteiger partial charge on any atom is -0.478 e. The fourth-order valence-electron chi connectivity index (χ4n) is 2.22. The highest BCUT2D eigenvalue weighted by Crippen LogP contribution is 2.25. The highest BCUT2D eigenvalue weighted by Gasteiger charge is 2.15. The van der Waals surface area contributed by atoms with E-state index >= 15 is 0 Å². The minimum absolute atomic E-state index is 0.367. The predicted octanol–water partition coefficient (Wildman–Crippen LogP) is 4.85. The largest absolute Gasteiger partial charge is 0.478 e. The fraction of sp³-hybridized carbons (Fsp3) is 0.625. The Morgan fingerprint density at radius 2 is 1.85 bits per heavy atom. The second kappa shape index (κ2) is 9.01. The number of aryl methyl sites for hydroxylation is 2. The molecular formula is C16H25NO2S. The van der Waals surface area contributed by atoms with E-state index in [-0.39, 0.29) is 0 Å². The SMILES string of the molecule is CCCCCCCCSc1nc(C)cc(C)c1C(=O)O. The van der Waals surface area contributed by atoms with Crippen LogP contribution in [0.15, 0.2) is 11.1 Å². The monoisotopic (exact) mass is 295 g/mol. The first-order valence-electron chi connectivity index (χ1n) is 7.40. The third-order valence-electron chi connectivity index (χ3n) is 3.26. The van der Waals surface area contributed by atoms with Crippen LogP contribution in [0, 0.1) is 13.8 Å². The topological polar surface area (TPSA) is 50.2 Å². The molecule has 20 heavy (non-hydrogen) atoms. The predicted molar refractivity (Wildman–Crippen MR) is 84.8 cm³/mol. The first-order valence-corrected chi connectivity index (χ1v) is 8.39. The smallest absolute Gasteiger partial charge is 0.338 e. The van der Waals surface area contributed by atoms with Crippen molar-refractivity contribution in [1.29, 1.82) is 0 Å². The number of carbonyl (C=O) groups is 1. The lowest BCUT2D eigenvalue weighted by atomic mass is 10.1. The normalized spacial score (nSPS) is 10.8. The van der Waals surface area contributed by atoms with Gasteiger partial charge in [0.25, 0.3) is 0 Å². The van der Waals surface area contributed by atoms with Gasteiger partial charge in [-0.25, -0.2) is 9.78 Å². The third kappa shape index (κ3) is 5.53. The van der Waals surface area contributed by atoms with Crippen molar-refractivity contribution >= 4 is 17.7 Å². The molecule has 3 nitrogen and oxygen atoms in total. The Bertz CT molecular complexity index is 446. The maximum atomic E-state index is 11.3. The number of unbranched alkanes of at least 4 members (excludes halogenated alkanes) is 5. The van der Waals surface area contributed by atoms with E-state index in [2.05, 4.69) is 11.9 Å². The molecule has 0 atom stereocenters. The molecule has 0 saturated heterocycles. The molecule has 0 aliphatic heterocycles. The number of pyridine rings is 1. The summed E-state index contributed by atoms with van der Waals surface area (Å²) in [6.07, 6.45) is 7.52. The highest BCUT2D eigenvalue weighted by molar-refractivity contribution is 7.99. The van der Waals surface area contributed by atoms with Gasteiger partial charge in [0.2, 0.25) is 0 Å². The minimum atomic E-state index is -0.875. The summed E-state index contributed by atoms with van der Waals surface area (Å²) < 4.78 is 0. The molecule has 0 bridgehead atoms. The molecule has 1 aromatic rings. The third-order valence-corrected chi connectivity index (χ3v) is 4.32. The van der Waals surface area contributed by atoms with Crippen LogP contribution in [0.2, 0.25) is 0 Å². The Labute approximate surface area is 126 Å². The van der Waals surface area contributed by atoms with Crippen LogP contribution in [0.5, 0.6) is 0 Å². The number of thioether (sulfide) groups is 1. The summed E-state index contributed by atoms with van der Waals surface area (Å²) >= 11 is 1.58. The van der Waals surface area contributed by atoms with E-state index in [1.165, 1.54) is 32.1 Å². The molecule has 0 aliphatic carbocycles. The van der Waals surface area contributed by atoms with Crippen molar-refractivity contribution in [1.82, 2.24) is 4.98 Å². The summed E-state index contributed by atoms with van der Waals surface area (Å²) in [4.78, 5) is 15.7. The van der Waals surface area contributed by atoms with Crippen LogP contribution in [0.3, 0.4) is 0 Å². The van der Waals surface area contributed by atoms with E-state index in [4.69, 9.17) is 0 Å². The second-order valence-corrected chi connectivity index (χ2v) is 6.27. The van der Waals surface area contributed by atoms with Crippen LogP contribution in [-0.2, 0) is 0 Å². The molecule has 4 heteroatoms. The van der Waals surface area contributed by atoms with E-state index < -0.39 is 5.97 Å². The summed E-state index contributed by atoms with van der Waals surface area (Å²) in [5, 5.41) is 9.95. The van der Waals surface area contributed by atoms with Crippen LogP contribution < -0.4 is 0 Å². The van der Waals surface area contributed by atoms with Crippen molar-refractivity contribution in [2.24, 2.45) is 0 Å². The van der Waals surface area contributed by atoms with Gasteiger partial charge in [0, 0.05) is 5.69 Å². The Morgan fingerprint density at radius 3 is 2.50 bits per heavy atom. The molecular weight excluding hydrogens is 270 g/mol. The number of carboxylic acid groups (broad SMARTS) is 1.